The average Bonchev–Trinajstić information content (AvgIpc) is 2.29. The van der Waals surface area contributed by atoms with E-state index < -0.39 is 0 Å². The van der Waals surface area contributed by atoms with Gasteiger partial charge in [-0.15, -0.1) is 0 Å². The van der Waals surface area contributed by atoms with Crippen molar-refractivity contribution in [3.8, 4) is 5.88 Å². The van der Waals surface area contributed by atoms with Crippen molar-refractivity contribution < 1.29 is 9.84 Å². The fourth-order valence-corrected chi connectivity index (χ4v) is 1.93. The number of ether oxygens (including phenoxy) is 1. The second kappa shape index (κ2) is 3.94. The lowest BCUT2D eigenvalue weighted by Gasteiger charge is -2.49. The molecule has 0 spiro atoms. The van der Waals surface area contributed by atoms with Gasteiger partial charge in [0, 0.05) is 17.5 Å². The number of methoxy groups -OCH3 is 1. The van der Waals surface area contributed by atoms with Crippen molar-refractivity contribution in [1.29, 1.82) is 0 Å². The molecule has 2 rings (SSSR count). The van der Waals surface area contributed by atoms with Gasteiger partial charge >= 0.3 is 0 Å². The zero-order chi connectivity index (χ0) is 11.8. The molecule has 1 aliphatic rings. The quantitative estimate of drug-likeness (QED) is 0.816. The van der Waals surface area contributed by atoms with E-state index in [9.17, 15) is 5.11 Å². The standard InChI is InChI=1S/C12H18N2O2/c1-12(2)8(7-9(12)15)13-10-5-4-6-11(14-10)16-3/h4-6,8-9,15H,7H2,1-3H3,(H,13,14). The third-order valence-corrected chi connectivity index (χ3v) is 3.47. The van der Waals surface area contributed by atoms with Gasteiger partial charge in [0.2, 0.25) is 5.88 Å². The third kappa shape index (κ3) is 1.85. The zero-order valence-corrected chi connectivity index (χ0v) is 9.90. The highest BCUT2D eigenvalue weighted by atomic mass is 16.5. The predicted octanol–water partition coefficient (Wildman–Crippen LogP) is 1.66. The molecule has 4 nitrogen and oxygen atoms in total. The van der Waals surface area contributed by atoms with Crippen molar-refractivity contribution >= 4 is 5.82 Å². The normalized spacial score (nSPS) is 27.0. The molecule has 2 unspecified atom stereocenters. The van der Waals surface area contributed by atoms with Crippen LogP contribution in [0.3, 0.4) is 0 Å². The summed E-state index contributed by atoms with van der Waals surface area (Å²) in [5.41, 5.74) is -0.0925. The van der Waals surface area contributed by atoms with E-state index in [4.69, 9.17) is 4.74 Å². The number of pyridine rings is 1. The van der Waals surface area contributed by atoms with Crippen molar-refractivity contribution in [2.75, 3.05) is 12.4 Å². The Labute approximate surface area is 95.7 Å². The van der Waals surface area contributed by atoms with E-state index in [1.165, 1.54) is 0 Å². The van der Waals surface area contributed by atoms with E-state index in [2.05, 4.69) is 24.1 Å². The highest BCUT2D eigenvalue weighted by Crippen LogP contribution is 2.42. The Morgan fingerprint density at radius 3 is 2.81 bits per heavy atom. The van der Waals surface area contributed by atoms with Crippen molar-refractivity contribution in [1.82, 2.24) is 4.98 Å². The monoisotopic (exact) mass is 222 g/mol. The fourth-order valence-electron chi connectivity index (χ4n) is 1.93. The van der Waals surface area contributed by atoms with Crippen LogP contribution in [0.1, 0.15) is 20.3 Å². The number of hydrogen-bond donors (Lipinski definition) is 2. The minimum absolute atomic E-state index is 0.0925. The van der Waals surface area contributed by atoms with E-state index >= 15 is 0 Å². The molecule has 1 aromatic heterocycles. The Kier molecular flexibility index (Phi) is 2.76. The average molecular weight is 222 g/mol. The lowest BCUT2D eigenvalue weighted by atomic mass is 9.64. The summed E-state index contributed by atoms with van der Waals surface area (Å²) in [6, 6.07) is 5.88. The first-order valence-electron chi connectivity index (χ1n) is 5.49. The summed E-state index contributed by atoms with van der Waals surface area (Å²) < 4.78 is 5.06. The van der Waals surface area contributed by atoms with E-state index in [1.54, 1.807) is 7.11 Å². The smallest absolute Gasteiger partial charge is 0.214 e. The molecule has 1 saturated carbocycles. The lowest BCUT2D eigenvalue weighted by molar-refractivity contribution is -0.0511. The molecular formula is C12H18N2O2. The number of aliphatic hydroxyl groups excluding tert-OH is 1. The molecule has 0 aliphatic heterocycles. The molecule has 1 aromatic rings. The number of rotatable bonds is 3. The summed E-state index contributed by atoms with van der Waals surface area (Å²) in [6.45, 7) is 4.11. The Morgan fingerprint density at radius 1 is 1.50 bits per heavy atom. The van der Waals surface area contributed by atoms with Crippen LogP contribution in [0.4, 0.5) is 5.82 Å². The first-order valence-corrected chi connectivity index (χ1v) is 5.49. The van der Waals surface area contributed by atoms with Gasteiger partial charge in [0.05, 0.1) is 13.2 Å². The highest BCUT2D eigenvalue weighted by Gasteiger charge is 2.47. The predicted molar refractivity (Wildman–Crippen MR) is 62.6 cm³/mol. The van der Waals surface area contributed by atoms with Crippen molar-refractivity contribution in [3.05, 3.63) is 18.2 Å². The SMILES string of the molecule is COc1cccc(NC2CC(O)C2(C)C)n1. The van der Waals surface area contributed by atoms with Gasteiger partial charge in [-0.25, -0.2) is 0 Å². The van der Waals surface area contributed by atoms with Gasteiger partial charge in [0.15, 0.2) is 0 Å². The minimum atomic E-state index is -0.226. The lowest BCUT2D eigenvalue weighted by Crippen LogP contribution is -2.57. The Morgan fingerprint density at radius 2 is 2.25 bits per heavy atom. The third-order valence-electron chi connectivity index (χ3n) is 3.47. The topological polar surface area (TPSA) is 54.4 Å². The van der Waals surface area contributed by atoms with Crippen LogP contribution in [-0.4, -0.2) is 29.3 Å². The summed E-state index contributed by atoms with van der Waals surface area (Å²) in [5, 5.41) is 13.0. The number of nitrogens with one attached hydrogen (secondary N) is 1. The van der Waals surface area contributed by atoms with Crippen molar-refractivity contribution in [2.24, 2.45) is 5.41 Å². The van der Waals surface area contributed by atoms with Gasteiger partial charge in [0.25, 0.3) is 0 Å². The maximum absolute atomic E-state index is 9.64. The zero-order valence-electron chi connectivity index (χ0n) is 9.90. The number of anilines is 1. The fraction of sp³-hybridized carbons (Fsp3) is 0.583. The Balaban J connectivity index is 2.05. The molecule has 88 valence electrons. The van der Waals surface area contributed by atoms with Crippen molar-refractivity contribution in [2.45, 2.75) is 32.4 Å². The number of aromatic nitrogens is 1. The molecule has 2 N–H and O–H groups in total. The van der Waals surface area contributed by atoms with Crippen LogP contribution in [0.25, 0.3) is 0 Å². The Hall–Kier alpha value is -1.29. The Bertz CT molecular complexity index is 379. The summed E-state index contributed by atoms with van der Waals surface area (Å²) in [4.78, 5) is 4.29. The van der Waals surface area contributed by atoms with Crippen LogP contribution >= 0.6 is 0 Å². The van der Waals surface area contributed by atoms with E-state index in [1.807, 2.05) is 18.2 Å². The summed E-state index contributed by atoms with van der Waals surface area (Å²) in [5.74, 6) is 1.40. The van der Waals surface area contributed by atoms with Crippen LogP contribution in [0, 0.1) is 5.41 Å². The molecule has 4 heteroatoms. The van der Waals surface area contributed by atoms with E-state index in [0.29, 0.717) is 5.88 Å². The molecule has 0 radical (unpaired) electrons. The maximum Gasteiger partial charge on any atom is 0.214 e. The van der Waals surface area contributed by atoms with E-state index in [-0.39, 0.29) is 17.6 Å². The van der Waals surface area contributed by atoms with E-state index in [0.717, 1.165) is 12.2 Å². The van der Waals surface area contributed by atoms with Gasteiger partial charge in [0.1, 0.15) is 5.82 Å². The molecule has 2 atom stereocenters. The second-order valence-electron chi connectivity index (χ2n) is 4.83. The maximum atomic E-state index is 9.64. The molecule has 0 saturated heterocycles. The summed E-state index contributed by atoms with van der Waals surface area (Å²) in [7, 11) is 1.60. The second-order valence-corrected chi connectivity index (χ2v) is 4.83. The molecule has 0 bridgehead atoms. The first-order chi connectivity index (χ1) is 7.54. The highest BCUT2D eigenvalue weighted by molar-refractivity contribution is 5.39. The van der Waals surface area contributed by atoms with Gasteiger partial charge in [-0.3, -0.25) is 0 Å². The number of hydrogen-bond acceptors (Lipinski definition) is 4. The molecule has 16 heavy (non-hydrogen) atoms. The molecule has 1 heterocycles. The van der Waals surface area contributed by atoms with Crippen LogP contribution in [0.5, 0.6) is 5.88 Å². The first kappa shape index (κ1) is 11.2. The van der Waals surface area contributed by atoms with Gasteiger partial charge in [-0.05, 0) is 12.5 Å². The van der Waals surface area contributed by atoms with Gasteiger partial charge in [-0.2, -0.15) is 4.98 Å². The molecular weight excluding hydrogens is 204 g/mol. The van der Waals surface area contributed by atoms with Gasteiger partial charge in [-0.1, -0.05) is 19.9 Å². The molecule has 1 fully saturated rings. The molecule has 0 amide bonds. The number of nitrogens with zero attached hydrogens (tertiary/aromatic N) is 1. The molecule has 1 aliphatic carbocycles. The summed E-state index contributed by atoms with van der Waals surface area (Å²) in [6.07, 6.45) is 0.543. The number of aliphatic hydroxyl groups is 1. The van der Waals surface area contributed by atoms with Gasteiger partial charge < -0.3 is 15.2 Å². The summed E-state index contributed by atoms with van der Waals surface area (Å²) >= 11 is 0. The van der Waals surface area contributed by atoms with Crippen LogP contribution in [-0.2, 0) is 0 Å². The minimum Gasteiger partial charge on any atom is -0.481 e. The van der Waals surface area contributed by atoms with Crippen LogP contribution in [0.2, 0.25) is 0 Å². The molecule has 0 aromatic carbocycles. The van der Waals surface area contributed by atoms with Crippen LogP contribution < -0.4 is 10.1 Å². The van der Waals surface area contributed by atoms with Crippen LogP contribution in [0.15, 0.2) is 18.2 Å². The largest absolute Gasteiger partial charge is 0.481 e. The van der Waals surface area contributed by atoms with Crippen molar-refractivity contribution in [3.63, 3.8) is 0 Å².